The van der Waals surface area contributed by atoms with Crippen LogP contribution in [0.5, 0.6) is 0 Å². The Hall–Kier alpha value is -0.870. The van der Waals surface area contributed by atoms with E-state index in [0.717, 1.165) is 17.7 Å². The molecular weight excluding hydrogens is 208 g/mol. The van der Waals surface area contributed by atoms with Crippen molar-refractivity contribution in [2.45, 2.75) is 38.1 Å². The van der Waals surface area contributed by atoms with E-state index in [1.165, 1.54) is 0 Å². The maximum Gasteiger partial charge on any atom is 0.237 e. The van der Waals surface area contributed by atoms with E-state index in [0.29, 0.717) is 12.8 Å². The molecule has 4 heteroatoms. The summed E-state index contributed by atoms with van der Waals surface area (Å²) in [5.74, 6) is -0.399. The van der Waals surface area contributed by atoms with Crippen molar-refractivity contribution in [1.29, 1.82) is 0 Å². The summed E-state index contributed by atoms with van der Waals surface area (Å²) in [5, 5.41) is 1.98. The second kappa shape index (κ2) is 5.28. The first-order chi connectivity index (χ1) is 7.08. The molecule has 0 aliphatic carbocycles. The molecule has 15 heavy (non-hydrogen) atoms. The zero-order valence-electron chi connectivity index (χ0n) is 9.03. The van der Waals surface area contributed by atoms with Crippen LogP contribution >= 0.6 is 11.3 Å². The molecule has 1 heterocycles. The van der Waals surface area contributed by atoms with Crippen LogP contribution in [0.15, 0.2) is 17.5 Å². The quantitative estimate of drug-likeness (QED) is 0.774. The zero-order valence-corrected chi connectivity index (χ0v) is 9.85. The van der Waals surface area contributed by atoms with Gasteiger partial charge in [-0.25, -0.2) is 0 Å². The van der Waals surface area contributed by atoms with Crippen LogP contribution < -0.4 is 11.5 Å². The summed E-state index contributed by atoms with van der Waals surface area (Å²) in [6.45, 7) is 2.08. The van der Waals surface area contributed by atoms with E-state index in [1.54, 1.807) is 11.3 Å². The van der Waals surface area contributed by atoms with Crippen LogP contribution in [0.1, 0.15) is 31.1 Å². The maximum atomic E-state index is 11.4. The first-order valence-corrected chi connectivity index (χ1v) is 6.07. The van der Waals surface area contributed by atoms with Gasteiger partial charge in [-0.1, -0.05) is 25.8 Å². The molecule has 1 aromatic heterocycles. The van der Waals surface area contributed by atoms with Gasteiger partial charge in [0.25, 0.3) is 0 Å². The Balaban J connectivity index is 2.68. The van der Waals surface area contributed by atoms with E-state index < -0.39 is 11.4 Å². The van der Waals surface area contributed by atoms with Crippen molar-refractivity contribution in [3.05, 3.63) is 22.4 Å². The van der Waals surface area contributed by atoms with Crippen LogP contribution in [0.2, 0.25) is 0 Å². The molecule has 0 bridgehead atoms. The molecular formula is C11H18N2OS. The summed E-state index contributed by atoms with van der Waals surface area (Å²) in [4.78, 5) is 12.5. The third-order valence-electron chi connectivity index (χ3n) is 2.54. The molecule has 0 aromatic carbocycles. The van der Waals surface area contributed by atoms with Gasteiger partial charge >= 0.3 is 0 Å². The number of carbonyl (C=O) groups is 1. The van der Waals surface area contributed by atoms with Crippen LogP contribution in [-0.4, -0.2) is 11.4 Å². The predicted octanol–water partition coefficient (Wildman–Crippen LogP) is 1.66. The Morgan fingerprint density at radius 3 is 2.80 bits per heavy atom. The second-order valence-corrected chi connectivity index (χ2v) is 4.91. The highest BCUT2D eigenvalue weighted by Crippen LogP contribution is 2.20. The van der Waals surface area contributed by atoms with Crippen molar-refractivity contribution in [3.8, 4) is 0 Å². The largest absolute Gasteiger partial charge is 0.368 e. The summed E-state index contributed by atoms with van der Waals surface area (Å²) >= 11 is 1.61. The molecule has 0 spiro atoms. The van der Waals surface area contributed by atoms with Crippen LogP contribution in [0.25, 0.3) is 0 Å². The van der Waals surface area contributed by atoms with E-state index in [4.69, 9.17) is 11.5 Å². The number of carbonyl (C=O) groups excluding carboxylic acids is 1. The molecule has 3 nitrogen and oxygen atoms in total. The molecule has 1 aromatic rings. The Morgan fingerprint density at radius 2 is 2.33 bits per heavy atom. The van der Waals surface area contributed by atoms with Gasteiger partial charge < -0.3 is 11.5 Å². The Labute approximate surface area is 94.5 Å². The first-order valence-electron chi connectivity index (χ1n) is 5.19. The fourth-order valence-corrected chi connectivity index (χ4v) is 2.34. The minimum Gasteiger partial charge on any atom is -0.368 e. The smallest absolute Gasteiger partial charge is 0.237 e. The average molecular weight is 226 g/mol. The molecule has 84 valence electrons. The minimum atomic E-state index is -0.874. The van der Waals surface area contributed by atoms with Gasteiger partial charge in [-0.3, -0.25) is 4.79 Å². The monoisotopic (exact) mass is 226 g/mol. The highest BCUT2D eigenvalue weighted by molar-refractivity contribution is 7.09. The van der Waals surface area contributed by atoms with Crippen molar-refractivity contribution in [2.75, 3.05) is 0 Å². The molecule has 0 aliphatic heterocycles. The van der Waals surface area contributed by atoms with Crippen LogP contribution in [0, 0.1) is 0 Å². The zero-order chi connectivity index (χ0) is 11.3. The lowest BCUT2D eigenvalue weighted by Gasteiger charge is -2.25. The number of nitrogens with two attached hydrogens (primary N) is 2. The first kappa shape index (κ1) is 12.2. The van der Waals surface area contributed by atoms with Gasteiger partial charge in [0.2, 0.25) is 5.91 Å². The lowest BCUT2D eigenvalue weighted by molar-refractivity contribution is -0.123. The highest BCUT2D eigenvalue weighted by Gasteiger charge is 2.31. The molecule has 0 fully saturated rings. The number of primary amides is 1. The molecule has 0 unspecified atom stereocenters. The van der Waals surface area contributed by atoms with Gasteiger partial charge in [0.05, 0.1) is 5.54 Å². The standard InChI is InChI=1S/C11H18N2OS/c1-2-3-6-11(13,10(12)14)8-9-5-4-7-15-9/h4-5,7H,2-3,6,8,13H2,1H3,(H2,12,14)/t11-/m1/s1. The number of thiophene rings is 1. The van der Waals surface area contributed by atoms with Crippen molar-refractivity contribution < 1.29 is 4.79 Å². The average Bonchev–Trinajstić information content (AvgIpc) is 2.67. The summed E-state index contributed by atoms with van der Waals surface area (Å²) in [7, 11) is 0. The Morgan fingerprint density at radius 1 is 1.60 bits per heavy atom. The van der Waals surface area contributed by atoms with Crippen molar-refractivity contribution in [3.63, 3.8) is 0 Å². The number of hydrogen-bond acceptors (Lipinski definition) is 3. The van der Waals surface area contributed by atoms with E-state index in [-0.39, 0.29) is 0 Å². The number of amides is 1. The third-order valence-corrected chi connectivity index (χ3v) is 3.41. The SMILES string of the molecule is CCCC[C@@](N)(Cc1cccs1)C(N)=O. The highest BCUT2D eigenvalue weighted by atomic mass is 32.1. The lowest BCUT2D eigenvalue weighted by atomic mass is 9.89. The van der Waals surface area contributed by atoms with E-state index in [2.05, 4.69) is 6.92 Å². The molecule has 1 rings (SSSR count). The molecule has 0 radical (unpaired) electrons. The Kier molecular flexibility index (Phi) is 4.29. The van der Waals surface area contributed by atoms with Crippen molar-refractivity contribution in [1.82, 2.24) is 0 Å². The number of unbranched alkanes of at least 4 members (excludes halogenated alkanes) is 1. The molecule has 0 aliphatic rings. The third kappa shape index (κ3) is 3.32. The van der Waals surface area contributed by atoms with E-state index in [1.807, 2.05) is 17.5 Å². The maximum absolute atomic E-state index is 11.4. The topological polar surface area (TPSA) is 69.1 Å². The van der Waals surface area contributed by atoms with Gasteiger partial charge in [0, 0.05) is 11.3 Å². The van der Waals surface area contributed by atoms with E-state index in [9.17, 15) is 4.79 Å². The molecule has 1 atom stereocenters. The summed E-state index contributed by atoms with van der Waals surface area (Å²) in [6, 6.07) is 3.95. The van der Waals surface area contributed by atoms with Crippen molar-refractivity contribution >= 4 is 17.2 Å². The van der Waals surface area contributed by atoms with Crippen LogP contribution in [0.3, 0.4) is 0 Å². The molecule has 1 amide bonds. The summed E-state index contributed by atoms with van der Waals surface area (Å²) in [5.41, 5.74) is 10.5. The summed E-state index contributed by atoms with van der Waals surface area (Å²) in [6.07, 6.45) is 3.18. The summed E-state index contributed by atoms with van der Waals surface area (Å²) < 4.78 is 0. The predicted molar refractivity (Wildman–Crippen MR) is 63.7 cm³/mol. The van der Waals surface area contributed by atoms with Gasteiger partial charge in [0.1, 0.15) is 0 Å². The second-order valence-electron chi connectivity index (χ2n) is 3.88. The fourth-order valence-electron chi connectivity index (χ4n) is 1.52. The van der Waals surface area contributed by atoms with Gasteiger partial charge in [-0.05, 0) is 17.9 Å². The number of hydrogen-bond donors (Lipinski definition) is 2. The van der Waals surface area contributed by atoms with Gasteiger partial charge in [-0.2, -0.15) is 0 Å². The van der Waals surface area contributed by atoms with E-state index >= 15 is 0 Å². The number of rotatable bonds is 6. The molecule has 0 saturated heterocycles. The minimum absolute atomic E-state index is 0.399. The van der Waals surface area contributed by atoms with Gasteiger partial charge in [0.15, 0.2) is 0 Å². The molecule has 0 saturated carbocycles. The van der Waals surface area contributed by atoms with Gasteiger partial charge in [-0.15, -0.1) is 11.3 Å². The van der Waals surface area contributed by atoms with Crippen LogP contribution in [0.4, 0.5) is 0 Å². The van der Waals surface area contributed by atoms with Crippen molar-refractivity contribution in [2.24, 2.45) is 11.5 Å². The normalized spacial score (nSPS) is 14.8. The fraction of sp³-hybridized carbons (Fsp3) is 0.545. The Bertz CT molecular complexity index is 310. The van der Waals surface area contributed by atoms with Crippen LogP contribution in [-0.2, 0) is 11.2 Å². The lowest BCUT2D eigenvalue weighted by Crippen LogP contribution is -2.53. The molecule has 4 N–H and O–H groups in total.